The van der Waals surface area contributed by atoms with Gasteiger partial charge in [-0.2, -0.15) is 0 Å². The molecule has 2 aromatic rings. The molecule has 0 radical (unpaired) electrons. The summed E-state index contributed by atoms with van der Waals surface area (Å²) in [6.45, 7) is 0. The third-order valence-electron chi connectivity index (χ3n) is 2.65. The van der Waals surface area contributed by atoms with Crippen molar-refractivity contribution in [2.45, 2.75) is 18.4 Å². The van der Waals surface area contributed by atoms with Gasteiger partial charge in [0.1, 0.15) is 5.52 Å². The quantitative estimate of drug-likeness (QED) is 0.716. The second-order valence-corrected chi connectivity index (χ2v) is 3.66. The van der Waals surface area contributed by atoms with Gasteiger partial charge in [0.25, 0.3) is 0 Å². The standard InChI is InChI=1S/C10H10N2O/c11-10(3-4-10)7-6-13-8-2-1-5-12-9(7)8/h1-2,5-6H,3-4,11H2. The number of pyridine rings is 1. The van der Waals surface area contributed by atoms with E-state index < -0.39 is 0 Å². The smallest absolute Gasteiger partial charge is 0.152 e. The van der Waals surface area contributed by atoms with E-state index in [-0.39, 0.29) is 5.54 Å². The van der Waals surface area contributed by atoms with Crippen molar-refractivity contribution in [3.63, 3.8) is 0 Å². The Bertz CT molecular complexity index is 457. The first-order valence-corrected chi connectivity index (χ1v) is 4.41. The molecule has 2 aromatic heterocycles. The number of nitrogens with zero attached hydrogens (tertiary/aromatic N) is 1. The van der Waals surface area contributed by atoms with Gasteiger partial charge in [0.15, 0.2) is 5.58 Å². The van der Waals surface area contributed by atoms with Gasteiger partial charge in [-0.15, -0.1) is 0 Å². The Labute approximate surface area is 75.6 Å². The van der Waals surface area contributed by atoms with Gasteiger partial charge in [0, 0.05) is 17.3 Å². The third kappa shape index (κ3) is 0.906. The van der Waals surface area contributed by atoms with E-state index in [9.17, 15) is 0 Å². The molecule has 1 saturated carbocycles. The fraction of sp³-hybridized carbons (Fsp3) is 0.300. The SMILES string of the molecule is NC1(c2coc3cccnc23)CC1. The largest absolute Gasteiger partial charge is 0.462 e. The van der Waals surface area contributed by atoms with E-state index in [1.54, 1.807) is 12.5 Å². The minimum Gasteiger partial charge on any atom is -0.462 e. The van der Waals surface area contributed by atoms with Gasteiger partial charge in [-0.3, -0.25) is 4.98 Å². The van der Waals surface area contributed by atoms with Gasteiger partial charge < -0.3 is 10.2 Å². The molecule has 1 fully saturated rings. The van der Waals surface area contributed by atoms with Crippen molar-refractivity contribution < 1.29 is 4.42 Å². The molecule has 0 spiro atoms. The van der Waals surface area contributed by atoms with Crippen molar-refractivity contribution in [2.75, 3.05) is 0 Å². The predicted molar refractivity (Wildman–Crippen MR) is 49.1 cm³/mol. The molecule has 0 bridgehead atoms. The molecule has 0 saturated heterocycles. The van der Waals surface area contributed by atoms with Crippen molar-refractivity contribution in [1.82, 2.24) is 4.98 Å². The molecule has 0 unspecified atom stereocenters. The van der Waals surface area contributed by atoms with Crippen molar-refractivity contribution in [2.24, 2.45) is 5.73 Å². The number of hydrogen-bond acceptors (Lipinski definition) is 3. The minimum absolute atomic E-state index is 0.153. The maximum Gasteiger partial charge on any atom is 0.152 e. The molecular formula is C10H10N2O. The van der Waals surface area contributed by atoms with Gasteiger partial charge >= 0.3 is 0 Å². The van der Waals surface area contributed by atoms with Gasteiger partial charge in [-0.1, -0.05) is 0 Å². The highest BCUT2D eigenvalue weighted by Gasteiger charge is 2.42. The summed E-state index contributed by atoms with van der Waals surface area (Å²) in [5, 5.41) is 0. The molecule has 3 rings (SSSR count). The zero-order valence-corrected chi connectivity index (χ0v) is 7.16. The third-order valence-corrected chi connectivity index (χ3v) is 2.65. The monoisotopic (exact) mass is 174 g/mol. The summed E-state index contributed by atoms with van der Waals surface area (Å²) in [6, 6.07) is 3.78. The summed E-state index contributed by atoms with van der Waals surface area (Å²) in [5.41, 5.74) is 8.73. The molecule has 1 aliphatic rings. The molecular weight excluding hydrogens is 164 g/mol. The number of rotatable bonds is 1. The summed E-state index contributed by atoms with van der Waals surface area (Å²) < 4.78 is 5.37. The molecule has 3 heteroatoms. The Morgan fingerprint density at radius 1 is 1.46 bits per heavy atom. The Balaban J connectivity index is 2.30. The Morgan fingerprint density at radius 2 is 2.31 bits per heavy atom. The first-order chi connectivity index (χ1) is 6.30. The van der Waals surface area contributed by atoms with E-state index in [0.717, 1.165) is 29.5 Å². The molecule has 3 nitrogen and oxygen atoms in total. The van der Waals surface area contributed by atoms with Gasteiger partial charge in [-0.05, 0) is 25.0 Å². The predicted octanol–water partition coefficient (Wildman–Crippen LogP) is 1.78. The van der Waals surface area contributed by atoms with Crippen LogP contribution in [0.5, 0.6) is 0 Å². The highest BCUT2D eigenvalue weighted by Crippen LogP contribution is 2.45. The number of furan rings is 1. The number of fused-ring (bicyclic) bond motifs is 1. The van der Waals surface area contributed by atoms with E-state index in [1.807, 2.05) is 12.1 Å². The van der Waals surface area contributed by atoms with Crippen LogP contribution >= 0.6 is 0 Å². The zero-order chi connectivity index (χ0) is 8.89. The van der Waals surface area contributed by atoms with E-state index in [2.05, 4.69) is 4.98 Å². The van der Waals surface area contributed by atoms with Crippen LogP contribution in [0, 0.1) is 0 Å². The van der Waals surface area contributed by atoms with E-state index in [0.29, 0.717) is 0 Å². The van der Waals surface area contributed by atoms with Crippen LogP contribution in [0.1, 0.15) is 18.4 Å². The van der Waals surface area contributed by atoms with Crippen LogP contribution in [0.15, 0.2) is 29.0 Å². The molecule has 0 amide bonds. The van der Waals surface area contributed by atoms with Crippen molar-refractivity contribution in [3.8, 4) is 0 Å². The van der Waals surface area contributed by atoms with Crippen LogP contribution in [-0.4, -0.2) is 4.98 Å². The molecule has 0 aliphatic heterocycles. The number of aromatic nitrogens is 1. The summed E-state index contributed by atoms with van der Waals surface area (Å²) in [4.78, 5) is 4.27. The molecule has 0 aromatic carbocycles. The van der Waals surface area contributed by atoms with Gasteiger partial charge in [0.2, 0.25) is 0 Å². The topological polar surface area (TPSA) is 52.0 Å². The van der Waals surface area contributed by atoms with E-state index in [4.69, 9.17) is 10.2 Å². The van der Waals surface area contributed by atoms with Crippen molar-refractivity contribution in [3.05, 3.63) is 30.2 Å². The lowest BCUT2D eigenvalue weighted by molar-refractivity contribution is 0.598. The maximum atomic E-state index is 6.08. The minimum atomic E-state index is -0.153. The first-order valence-electron chi connectivity index (χ1n) is 4.41. The maximum absolute atomic E-state index is 6.08. The summed E-state index contributed by atoms with van der Waals surface area (Å²) in [6.07, 6.45) is 5.59. The highest BCUT2D eigenvalue weighted by molar-refractivity contribution is 5.77. The van der Waals surface area contributed by atoms with Crippen LogP contribution in [-0.2, 0) is 5.54 Å². The van der Waals surface area contributed by atoms with Gasteiger partial charge in [0.05, 0.1) is 6.26 Å². The second-order valence-electron chi connectivity index (χ2n) is 3.66. The van der Waals surface area contributed by atoms with Crippen molar-refractivity contribution in [1.29, 1.82) is 0 Å². The van der Waals surface area contributed by atoms with Crippen LogP contribution in [0.4, 0.5) is 0 Å². The number of hydrogen-bond donors (Lipinski definition) is 1. The normalized spacial score (nSPS) is 19.2. The lowest BCUT2D eigenvalue weighted by Gasteiger charge is -2.03. The molecule has 2 N–H and O–H groups in total. The van der Waals surface area contributed by atoms with Crippen molar-refractivity contribution >= 4 is 11.1 Å². The fourth-order valence-corrected chi connectivity index (χ4v) is 1.62. The average Bonchev–Trinajstić information content (AvgIpc) is 2.76. The average molecular weight is 174 g/mol. The van der Waals surface area contributed by atoms with Crippen LogP contribution in [0.3, 0.4) is 0 Å². The number of nitrogens with two attached hydrogens (primary N) is 1. The fourth-order valence-electron chi connectivity index (χ4n) is 1.62. The first kappa shape index (κ1) is 7.09. The van der Waals surface area contributed by atoms with Gasteiger partial charge in [-0.25, -0.2) is 0 Å². The second kappa shape index (κ2) is 2.12. The Kier molecular flexibility index (Phi) is 1.15. The summed E-state index contributed by atoms with van der Waals surface area (Å²) >= 11 is 0. The molecule has 1 aliphatic carbocycles. The summed E-state index contributed by atoms with van der Waals surface area (Å²) in [5.74, 6) is 0. The Morgan fingerprint density at radius 3 is 3.08 bits per heavy atom. The molecule has 2 heterocycles. The van der Waals surface area contributed by atoms with E-state index in [1.165, 1.54) is 0 Å². The zero-order valence-electron chi connectivity index (χ0n) is 7.16. The Hall–Kier alpha value is -1.35. The molecule has 13 heavy (non-hydrogen) atoms. The summed E-state index contributed by atoms with van der Waals surface area (Å²) in [7, 11) is 0. The van der Waals surface area contributed by atoms with Crippen LogP contribution < -0.4 is 5.73 Å². The van der Waals surface area contributed by atoms with Crippen LogP contribution in [0.25, 0.3) is 11.1 Å². The molecule has 66 valence electrons. The lowest BCUT2D eigenvalue weighted by Crippen LogP contribution is -2.18. The molecule has 0 atom stereocenters. The van der Waals surface area contributed by atoms with Crippen LogP contribution in [0.2, 0.25) is 0 Å². The lowest BCUT2D eigenvalue weighted by atomic mass is 10.1. The highest BCUT2D eigenvalue weighted by atomic mass is 16.3. The van der Waals surface area contributed by atoms with E-state index >= 15 is 0 Å².